The van der Waals surface area contributed by atoms with Gasteiger partial charge in [0, 0.05) is 18.0 Å². The van der Waals surface area contributed by atoms with Gasteiger partial charge in [0.2, 0.25) is 5.91 Å². The zero-order chi connectivity index (χ0) is 19.7. The van der Waals surface area contributed by atoms with Gasteiger partial charge in [-0.15, -0.1) is 0 Å². The summed E-state index contributed by atoms with van der Waals surface area (Å²) in [6.07, 6.45) is 10.1. The Morgan fingerprint density at radius 2 is 1.54 bits per heavy atom. The fourth-order valence-electron chi connectivity index (χ4n) is 4.58. The molecule has 1 amide bonds. The molecule has 0 spiro atoms. The van der Waals surface area contributed by atoms with Gasteiger partial charge in [0.25, 0.3) is 0 Å². The molecule has 1 saturated carbocycles. The van der Waals surface area contributed by atoms with Gasteiger partial charge >= 0.3 is 0 Å². The second kappa shape index (κ2) is 12.0. The van der Waals surface area contributed by atoms with Gasteiger partial charge in [-0.05, 0) is 50.0 Å². The number of amides is 1. The van der Waals surface area contributed by atoms with Crippen LogP contribution in [0.4, 0.5) is 0 Å². The molecule has 2 N–H and O–H groups in total. The highest BCUT2D eigenvalue weighted by Gasteiger charge is 2.26. The van der Waals surface area contributed by atoms with Crippen LogP contribution in [0.2, 0.25) is 0 Å². The first-order valence-electron chi connectivity index (χ1n) is 11.2. The second-order valence-electron chi connectivity index (χ2n) is 9.74. The highest BCUT2D eigenvalue weighted by molar-refractivity contribution is 5.78. The molecule has 4 atom stereocenters. The molecule has 0 aromatic carbocycles. The molecule has 154 valence electrons. The van der Waals surface area contributed by atoms with E-state index in [1.165, 1.54) is 38.5 Å². The summed E-state index contributed by atoms with van der Waals surface area (Å²) in [7, 11) is 2.05. The van der Waals surface area contributed by atoms with Crippen molar-refractivity contribution in [2.45, 2.75) is 105 Å². The summed E-state index contributed by atoms with van der Waals surface area (Å²) in [4.78, 5) is 12.8. The van der Waals surface area contributed by atoms with Gasteiger partial charge in [-0.3, -0.25) is 4.79 Å². The van der Waals surface area contributed by atoms with Crippen LogP contribution in [0.5, 0.6) is 0 Å². The summed E-state index contributed by atoms with van der Waals surface area (Å²) in [5.41, 5.74) is 0. The minimum absolute atomic E-state index is 0.0839. The molecule has 0 saturated heterocycles. The summed E-state index contributed by atoms with van der Waals surface area (Å²) in [5.74, 6) is 2.85. The van der Waals surface area contributed by atoms with Crippen molar-refractivity contribution < 1.29 is 4.79 Å². The topological polar surface area (TPSA) is 41.1 Å². The molecule has 1 rings (SSSR count). The minimum atomic E-state index is 0.0839. The molecule has 0 radical (unpaired) electrons. The first kappa shape index (κ1) is 23.5. The Bertz CT molecular complexity index is 388. The average Bonchev–Trinajstić information content (AvgIpc) is 2.59. The van der Waals surface area contributed by atoms with Crippen molar-refractivity contribution in [3.63, 3.8) is 0 Å². The maximum absolute atomic E-state index is 12.8. The lowest BCUT2D eigenvalue weighted by Gasteiger charge is -2.31. The molecule has 26 heavy (non-hydrogen) atoms. The van der Waals surface area contributed by atoms with E-state index in [4.69, 9.17) is 0 Å². The molecule has 0 aromatic heterocycles. The minimum Gasteiger partial charge on any atom is -0.353 e. The van der Waals surface area contributed by atoms with Crippen molar-refractivity contribution in [2.75, 3.05) is 7.05 Å². The van der Waals surface area contributed by atoms with Crippen molar-refractivity contribution in [3.05, 3.63) is 0 Å². The molecule has 3 unspecified atom stereocenters. The SMILES string of the molecule is CN[C@@H](CC(C)C)C(C)CC(C)C(=O)NC(CC1CCCCC1)C(C)C. The van der Waals surface area contributed by atoms with Gasteiger partial charge in [-0.1, -0.05) is 73.6 Å². The maximum atomic E-state index is 12.8. The third-order valence-corrected chi connectivity index (χ3v) is 6.40. The molecule has 1 aliphatic rings. The van der Waals surface area contributed by atoms with E-state index < -0.39 is 0 Å². The number of carbonyl (C=O) groups is 1. The fourth-order valence-corrected chi connectivity index (χ4v) is 4.58. The number of nitrogens with one attached hydrogen (secondary N) is 2. The van der Waals surface area contributed by atoms with E-state index in [0.29, 0.717) is 29.8 Å². The average molecular weight is 367 g/mol. The Kier molecular flexibility index (Phi) is 10.8. The van der Waals surface area contributed by atoms with Gasteiger partial charge in [0.05, 0.1) is 0 Å². The summed E-state index contributed by atoms with van der Waals surface area (Å²) in [5, 5.41) is 6.87. The number of hydrogen-bond acceptors (Lipinski definition) is 2. The summed E-state index contributed by atoms with van der Waals surface area (Å²) < 4.78 is 0. The van der Waals surface area contributed by atoms with Gasteiger partial charge < -0.3 is 10.6 Å². The van der Waals surface area contributed by atoms with E-state index in [1.54, 1.807) is 0 Å². The molecule has 3 heteroatoms. The molecule has 0 aliphatic heterocycles. The molecule has 1 aliphatic carbocycles. The molecule has 0 heterocycles. The van der Waals surface area contributed by atoms with E-state index >= 15 is 0 Å². The second-order valence-corrected chi connectivity index (χ2v) is 9.74. The maximum Gasteiger partial charge on any atom is 0.223 e. The van der Waals surface area contributed by atoms with Crippen molar-refractivity contribution in [1.82, 2.24) is 10.6 Å². The third-order valence-electron chi connectivity index (χ3n) is 6.40. The zero-order valence-electron chi connectivity index (χ0n) is 18.6. The van der Waals surface area contributed by atoms with Crippen LogP contribution in [0.1, 0.15) is 92.9 Å². The zero-order valence-corrected chi connectivity index (χ0v) is 18.6. The lowest BCUT2D eigenvalue weighted by molar-refractivity contribution is -0.126. The molecular weight excluding hydrogens is 320 g/mol. The smallest absolute Gasteiger partial charge is 0.223 e. The molecule has 1 fully saturated rings. The normalized spacial score (nSPS) is 20.8. The predicted octanol–water partition coefficient (Wildman–Crippen LogP) is 5.39. The van der Waals surface area contributed by atoms with E-state index in [2.05, 4.69) is 52.2 Å². The first-order chi connectivity index (χ1) is 12.2. The van der Waals surface area contributed by atoms with Gasteiger partial charge in [-0.2, -0.15) is 0 Å². The lowest BCUT2D eigenvalue weighted by Crippen LogP contribution is -2.43. The standard InChI is InChI=1S/C23H46N2O/c1-16(2)13-22(24-7)18(5)14-19(6)23(26)25-21(17(3)4)15-20-11-9-8-10-12-20/h16-22,24H,8-15H2,1-7H3,(H,25,26)/t18?,19?,21?,22-/m0/s1. The molecule has 0 aromatic rings. The van der Waals surface area contributed by atoms with Crippen molar-refractivity contribution >= 4 is 5.91 Å². The monoisotopic (exact) mass is 366 g/mol. The number of rotatable bonds is 11. The van der Waals surface area contributed by atoms with E-state index in [9.17, 15) is 4.79 Å². The number of carbonyl (C=O) groups excluding carboxylic acids is 1. The van der Waals surface area contributed by atoms with Gasteiger partial charge in [0.15, 0.2) is 0 Å². The van der Waals surface area contributed by atoms with E-state index in [0.717, 1.165) is 18.8 Å². The van der Waals surface area contributed by atoms with Gasteiger partial charge in [-0.25, -0.2) is 0 Å². The van der Waals surface area contributed by atoms with Crippen LogP contribution in [0.3, 0.4) is 0 Å². The number of hydrogen-bond donors (Lipinski definition) is 2. The van der Waals surface area contributed by atoms with Crippen molar-refractivity contribution in [1.29, 1.82) is 0 Å². The Morgan fingerprint density at radius 3 is 2.04 bits per heavy atom. The first-order valence-corrected chi connectivity index (χ1v) is 11.2. The van der Waals surface area contributed by atoms with Crippen LogP contribution in [0.15, 0.2) is 0 Å². The quantitative estimate of drug-likeness (QED) is 0.514. The van der Waals surface area contributed by atoms with Crippen LogP contribution < -0.4 is 10.6 Å². The Labute approximate surface area is 163 Å². The Hall–Kier alpha value is -0.570. The summed E-state index contributed by atoms with van der Waals surface area (Å²) >= 11 is 0. The van der Waals surface area contributed by atoms with Crippen LogP contribution in [0.25, 0.3) is 0 Å². The predicted molar refractivity (Wildman–Crippen MR) is 113 cm³/mol. The Balaban J connectivity index is 2.53. The van der Waals surface area contributed by atoms with Crippen LogP contribution in [-0.4, -0.2) is 25.0 Å². The van der Waals surface area contributed by atoms with Crippen LogP contribution >= 0.6 is 0 Å². The molecule has 3 nitrogen and oxygen atoms in total. The highest BCUT2D eigenvalue weighted by Crippen LogP contribution is 2.29. The third kappa shape index (κ3) is 8.41. The lowest BCUT2D eigenvalue weighted by atomic mass is 9.82. The molecule has 0 bridgehead atoms. The van der Waals surface area contributed by atoms with Crippen LogP contribution in [-0.2, 0) is 4.79 Å². The van der Waals surface area contributed by atoms with E-state index in [1.807, 2.05) is 7.05 Å². The van der Waals surface area contributed by atoms with Crippen molar-refractivity contribution in [3.8, 4) is 0 Å². The Morgan fingerprint density at radius 1 is 0.923 bits per heavy atom. The van der Waals surface area contributed by atoms with Crippen LogP contribution in [0, 0.1) is 29.6 Å². The largest absolute Gasteiger partial charge is 0.353 e. The molecular formula is C23H46N2O. The van der Waals surface area contributed by atoms with Gasteiger partial charge in [0.1, 0.15) is 0 Å². The summed E-state index contributed by atoms with van der Waals surface area (Å²) in [6.45, 7) is 13.4. The van der Waals surface area contributed by atoms with Crippen molar-refractivity contribution in [2.24, 2.45) is 29.6 Å². The van der Waals surface area contributed by atoms with E-state index in [-0.39, 0.29) is 11.8 Å². The highest BCUT2D eigenvalue weighted by atomic mass is 16.1. The summed E-state index contributed by atoms with van der Waals surface area (Å²) in [6, 6.07) is 0.826. The fraction of sp³-hybridized carbons (Fsp3) is 0.957.